The summed E-state index contributed by atoms with van der Waals surface area (Å²) in [4.78, 5) is 34.7. The summed E-state index contributed by atoms with van der Waals surface area (Å²) in [7, 11) is 4.07. The van der Waals surface area contributed by atoms with Gasteiger partial charge in [-0.3, -0.25) is 4.79 Å². The zero-order valence-corrected chi connectivity index (χ0v) is 23.3. The average Bonchev–Trinajstić information content (AvgIpc) is 3.25. The van der Waals surface area contributed by atoms with E-state index in [1.807, 2.05) is 59.3 Å². The first-order valence-corrected chi connectivity index (χ1v) is 13.1. The highest BCUT2D eigenvalue weighted by atomic mass is 16.5. The predicted octanol–water partition coefficient (Wildman–Crippen LogP) is 5.43. The van der Waals surface area contributed by atoms with Gasteiger partial charge in [0.25, 0.3) is 0 Å². The lowest BCUT2D eigenvalue weighted by molar-refractivity contribution is -0.148. The van der Waals surface area contributed by atoms with Crippen LogP contribution in [0.3, 0.4) is 0 Å². The van der Waals surface area contributed by atoms with Crippen LogP contribution < -0.4 is 0 Å². The zero-order chi connectivity index (χ0) is 27.2. The summed E-state index contributed by atoms with van der Waals surface area (Å²) in [6.45, 7) is 8.78. The molecular formula is C30H43N3O4. The number of nitrogens with one attached hydrogen (secondary N) is 1. The summed E-state index contributed by atoms with van der Waals surface area (Å²) >= 11 is 0. The highest BCUT2D eigenvalue weighted by Crippen LogP contribution is 2.14. The van der Waals surface area contributed by atoms with Gasteiger partial charge in [-0.15, -0.1) is 0 Å². The standard InChI is InChI=1S/C30H43N3O4/c1-22(16-17-33(5)6)14-15-24(3)19-27-20-28-31-21-26(32-28)11-7-8-12-29(34)36-25(4)18-23(2)10-9-13-30(35)37-27/h9-10,13-16,19,21,25,27H,7-8,11-12,17-18,20H2,1-6H3,(H,31,32)/b13-9-,15-14+,22-16+,23-10+,24-19+/t25-,27+/m0/s1. The van der Waals surface area contributed by atoms with E-state index in [9.17, 15) is 9.59 Å². The van der Waals surface area contributed by atoms with E-state index in [2.05, 4.69) is 33.9 Å². The number of aromatic amines is 1. The Balaban J connectivity index is 2.21. The van der Waals surface area contributed by atoms with E-state index in [1.54, 1.807) is 6.08 Å². The third kappa shape index (κ3) is 13.1. The number of aromatic nitrogens is 2. The molecule has 202 valence electrons. The van der Waals surface area contributed by atoms with Crippen LogP contribution >= 0.6 is 0 Å². The van der Waals surface area contributed by atoms with Crippen LogP contribution in [0.15, 0.2) is 65.4 Å². The molecule has 0 spiro atoms. The minimum atomic E-state index is -0.468. The predicted molar refractivity (Wildman–Crippen MR) is 148 cm³/mol. The molecule has 1 aliphatic rings. The fourth-order valence-corrected chi connectivity index (χ4v) is 3.87. The van der Waals surface area contributed by atoms with Crippen molar-refractivity contribution in [1.29, 1.82) is 0 Å². The van der Waals surface area contributed by atoms with Crippen LogP contribution in [0.1, 0.15) is 64.9 Å². The van der Waals surface area contributed by atoms with Crippen molar-refractivity contribution in [2.45, 2.75) is 78.4 Å². The van der Waals surface area contributed by atoms with Crippen molar-refractivity contribution < 1.29 is 19.1 Å². The van der Waals surface area contributed by atoms with Gasteiger partial charge in [-0.2, -0.15) is 0 Å². The Hall–Kier alpha value is -3.19. The van der Waals surface area contributed by atoms with Crippen LogP contribution in [-0.2, 0) is 31.9 Å². The maximum atomic E-state index is 12.6. The molecular weight excluding hydrogens is 466 g/mol. The van der Waals surface area contributed by atoms with Gasteiger partial charge < -0.3 is 19.4 Å². The number of hydrogen-bond donors (Lipinski definition) is 1. The number of allylic oxidation sites excluding steroid dienone is 6. The molecule has 37 heavy (non-hydrogen) atoms. The van der Waals surface area contributed by atoms with Crippen molar-refractivity contribution >= 4 is 11.9 Å². The zero-order valence-electron chi connectivity index (χ0n) is 23.3. The van der Waals surface area contributed by atoms with Gasteiger partial charge in [-0.1, -0.05) is 47.1 Å². The second kappa shape index (κ2) is 15.8. The Morgan fingerprint density at radius 2 is 1.84 bits per heavy atom. The van der Waals surface area contributed by atoms with Crippen molar-refractivity contribution in [2.24, 2.45) is 0 Å². The molecule has 0 fully saturated rings. The third-order valence-electron chi connectivity index (χ3n) is 5.80. The number of aryl methyl sites for hydroxylation is 1. The molecule has 0 unspecified atom stereocenters. The van der Waals surface area contributed by atoms with Crippen molar-refractivity contribution in [2.75, 3.05) is 20.6 Å². The Labute approximate surface area is 222 Å². The van der Waals surface area contributed by atoms with E-state index in [-0.39, 0.29) is 12.1 Å². The van der Waals surface area contributed by atoms with E-state index in [0.29, 0.717) is 19.3 Å². The van der Waals surface area contributed by atoms with Crippen molar-refractivity contribution in [3.63, 3.8) is 0 Å². The number of fused-ring (bicyclic) bond motifs is 2. The van der Waals surface area contributed by atoms with Gasteiger partial charge in [0, 0.05) is 38.1 Å². The van der Waals surface area contributed by atoms with Gasteiger partial charge in [0.15, 0.2) is 0 Å². The summed E-state index contributed by atoms with van der Waals surface area (Å²) in [6.07, 6.45) is 18.2. The fraction of sp³-hybridized carbons (Fsp3) is 0.500. The number of carbonyl (C=O) groups is 2. The van der Waals surface area contributed by atoms with E-state index in [1.165, 1.54) is 11.6 Å². The van der Waals surface area contributed by atoms with Crippen LogP contribution in [0.4, 0.5) is 0 Å². The third-order valence-corrected chi connectivity index (χ3v) is 5.80. The number of esters is 2. The second-order valence-corrected chi connectivity index (χ2v) is 10.1. The van der Waals surface area contributed by atoms with Crippen LogP contribution in [0.25, 0.3) is 0 Å². The van der Waals surface area contributed by atoms with Gasteiger partial charge in [0.2, 0.25) is 0 Å². The molecule has 0 aromatic carbocycles. The number of rotatable bonds is 5. The van der Waals surface area contributed by atoms with Crippen LogP contribution in [0, 0.1) is 0 Å². The lowest BCUT2D eigenvalue weighted by Gasteiger charge is -2.13. The minimum absolute atomic E-state index is 0.178. The van der Waals surface area contributed by atoms with Gasteiger partial charge in [0.1, 0.15) is 18.0 Å². The topological polar surface area (TPSA) is 84.5 Å². The second-order valence-electron chi connectivity index (χ2n) is 10.1. The van der Waals surface area contributed by atoms with Crippen LogP contribution in [-0.4, -0.2) is 59.7 Å². The molecule has 2 bridgehead atoms. The average molecular weight is 510 g/mol. The lowest BCUT2D eigenvalue weighted by atomic mass is 10.1. The monoisotopic (exact) mass is 509 g/mol. The van der Waals surface area contributed by atoms with Gasteiger partial charge in [-0.05, 0) is 67.1 Å². The SMILES string of the molecule is CC(/C=C/C(C)=C/[C@@H]1Cc2nc(c[nH]2)CCCCC(=O)O[C@@H](C)C/C(C)=C/C=C\C(=O)O1)=C\CN(C)C. The molecule has 2 atom stereocenters. The van der Waals surface area contributed by atoms with E-state index in [4.69, 9.17) is 9.47 Å². The maximum Gasteiger partial charge on any atom is 0.331 e. The number of nitrogens with zero attached hydrogens (tertiary/aromatic N) is 2. The van der Waals surface area contributed by atoms with Gasteiger partial charge >= 0.3 is 11.9 Å². The molecule has 1 aliphatic heterocycles. The Kier molecular flexibility index (Phi) is 12.8. The highest BCUT2D eigenvalue weighted by Gasteiger charge is 2.15. The Morgan fingerprint density at radius 3 is 2.59 bits per heavy atom. The van der Waals surface area contributed by atoms with E-state index >= 15 is 0 Å². The van der Waals surface area contributed by atoms with Gasteiger partial charge in [0.05, 0.1) is 5.69 Å². The molecule has 0 amide bonds. The largest absolute Gasteiger partial charge is 0.462 e. The number of carbonyl (C=O) groups excluding carboxylic acids is 2. The summed E-state index contributed by atoms with van der Waals surface area (Å²) < 4.78 is 11.3. The molecule has 1 N–H and O–H groups in total. The summed E-state index contributed by atoms with van der Waals surface area (Å²) in [5.74, 6) is 0.157. The first-order valence-electron chi connectivity index (χ1n) is 13.1. The summed E-state index contributed by atoms with van der Waals surface area (Å²) in [5, 5.41) is 0. The molecule has 0 saturated carbocycles. The molecule has 2 rings (SSSR count). The molecule has 1 aromatic rings. The van der Waals surface area contributed by atoms with Crippen LogP contribution in [0.5, 0.6) is 0 Å². The van der Waals surface area contributed by atoms with Crippen molar-refractivity contribution in [3.05, 3.63) is 77.0 Å². The number of cyclic esters (lactones) is 2. The smallest absolute Gasteiger partial charge is 0.331 e. The molecule has 0 aliphatic carbocycles. The highest BCUT2D eigenvalue weighted by molar-refractivity contribution is 5.82. The number of H-pyrrole nitrogens is 1. The summed E-state index contributed by atoms with van der Waals surface area (Å²) in [6, 6.07) is 0. The number of imidazole rings is 1. The first-order chi connectivity index (χ1) is 17.6. The Morgan fingerprint density at radius 1 is 1.11 bits per heavy atom. The lowest BCUT2D eigenvalue weighted by Crippen LogP contribution is -2.18. The maximum absolute atomic E-state index is 12.6. The fourth-order valence-electron chi connectivity index (χ4n) is 3.87. The van der Waals surface area contributed by atoms with Crippen molar-refractivity contribution in [3.8, 4) is 0 Å². The van der Waals surface area contributed by atoms with Crippen molar-refractivity contribution in [1.82, 2.24) is 14.9 Å². The normalized spacial score (nSPS) is 24.0. The molecule has 0 saturated heterocycles. The number of ether oxygens (including phenoxy) is 2. The quantitative estimate of drug-likeness (QED) is 0.421. The minimum Gasteiger partial charge on any atom is -0.462 e. The Bertz CT molecular complexity index is 1040. The van der Waals surface area contributed by atoms with Gasteiger partial charge in [-0.25, -0.2) is 9.78 Å². The molecule has 0 radical (unpaired) electrons. The summed E-state index contributed by atoms with van der Waals surface area (Å²) in [5.41, 5.74) is 4.11. The van der Waals surface area contributed by atoms with E-state index in [0.717, 1.165) is 48.5 Å². The molecule has 2 heterocycles. The number of hydrogen-bond acceptors (Lipinski definition) is 6. The first kappa shape index (κ1) is 30.0. The molecule has 1 aromatic heterocycles. The molecule has 7 heteroatoms. The number of likely N-dealkylation sites (N-methyl/N-ethyl adjacent to an activating group) is 1. The molecule has 7 nitrogen and oxygen atoms in total. The van der Waals surface area contributed by atoms with E-state index < -0.39 is 12.1 Å². The van der Waals surface area contributed by atoms with Crippen LogP contribution in [0.2, 0.25) is 0 Å².